The third kappa shape index (κ3) is 1.93. The molecule has 1 unspecified atom stereocenters. The van der Waals surface area contributed by atoms with Crippen LogP contribution in [0.5, 0.6) is 0 Å². The van der Waals surface area contributed by atoms with Gasteiger partial charge in [-0.3, -0.25) is 4.90 Å². The van der Waals surface area contributed by atoms with Gasteiger partial charge in [0.15, 0.2) is 0 Å². The first kappa shape index (κ1) is 12.9. The van der Waals surface area contributed by atoms with Gasteiger partial charge >= 0.3 is 0 Å². The number of aryl methyl sites for hydroxylation is 2. The fourth-order valence-electron chi connectivity index (χ4n) is 3.69. The highest BCUT2D eigenvalue weighted by Gasteiger charge is 2.23. The Bertz CT molecular complexity index is 661. The van der Waals surface area contributed by atoms with Gasteiger partial charge in [-0.25, -0.2) is 0 Å². The highest BCUT2D eigenvalue weighted by atomic mass is 79.9. The van der Waals surface area contributed by atoms with Crippen molar-refractivity contribution < 1.29 is 0 Å². The SMILES string of the molecule is CN1CCNCC1c1cc2c3c(c1)c(Br)cn3CCC2. The van der Waals surface area contributed by atoms with Crippen LogP contribution < -0.4 is 5.32 Å². The number of hydrogen-bond acceptors (Lipinski definition) is 2. The maximum Gasteiger partial charge on any atom is 0.0524 e. The molecular formula is C16H20BrN3. The van der Waals surface area contributed by atoms with E-state index in [1.54, 1.807) is 0 Å². The summed E-state index contributed by atoms with van der Waals surface area (Å²) in [6.07, 6.45) is 4.72. The van der Waals surface area contributed by atoms with Crippen LogP contribution in [0.25, 0.3) is 10.9 Å². The molecule has 1 aromatic heterocycles. The second-order valence-corrected chi connectivity index (χ2v) is 6.91. The first-order chi connectivity index (χ1) is 9.74. The predicted molar refractivity (Wildman–Crippen MR) is 86.2 cm³/mol. The molecule has 0 aliphatic carbocycles. The van der Waals surface area contributed by atoms with Gasteiger partial charge in [0.1, 0.15) is 0 Å². The summed E-state index contributed by atoms with van der Waals surface area (Å²) in [4.78, 5) is 2.47. The number of likely N-dealkylation sites (N-methyl/N-ethyl adjacent to an activating group) is 1. The first-order valence-corrected chi connectivity index (χ1v) is 8.25. The Kier molecular flexibility index (Phi) is 3.13. The van der Waals surface area contributed by atoms with Crippen molar-refractivity contribution in [2.45, 2.75) is 25.4 Å². The minimum absolute atomic E-state index is 0.501. The molecule has 1 saturated heterocycles. The zero-order chi connectivity index (χ0) is 13.7. The van der Waals surface area contributed by atoms with Crippen LogP contribution in [0.3, 0.4) is 0 Å². The van der Waals surface area contributed by atoms with Gasteiger partial charge in [0, 0.05) is 48.3 Å². The van der Waals surface area contributed by atoms with E-state index in [-0.39, 0.29) is 0 Å². The number of piperazine rings is 1. The number of nitrogens with one attached hydrogen (secondary N) is 1. The monoisotopic (exact) mass is 333 g/mol. The first-order valence-electron chi connectivity index (χ1n) is 7.46. The van der Waals surface area contributed by atoms with E-state index in [1.165, 1.54) is 39.3 Å². The molecule has 20 heavy (non-hydrogen) atoms. The van der Waals surface area contributed by atoms with Gasteiger partial charge in [0.2, 0.25) is 0 Å². The van der Waals surface area contributed by atoms with Crippen LogP contribution in [-0.2, 0) is 13.0 Å². The number of nitrogens with zero attached hydrogens (tertiary/aromatic N) is 2. The molecule has 3 nitrogen and oxygen atoms in total. The van der Waals surface area contributed by atoms with Crippen molar-refractivity contribution in [3.63, 3.8) is 0 Å². The summed E-state index contributed by atoms with van der Waals surface area (Å²) < 4.78 is 3.65. The molecule has 0 radical (unpaired) electrons. The van der Waals surface area contributed by atoms with Crippen LogP contribution in [0.2, 0.25) is 0 Å². The van der Waals surface area contributed by atoms with Crippen LogP contribution in [0, 0.1) is 0 Å². The summed E-state index contributed by atoms with van der Waals surface area (Å²) in [6, 6.07) is 5.33. The topological polar surface area (TPSA) is 20.2 Å². The van der Waals surface area contributed by atoms with Gasteiger partial charge in [-0.2, -0.15) is 0 Å². The Hall–Kier alpha value is -0.840. The number of benzene rings is 1. The maximum absolute atomic E-state index is 3.74. The van der Waals surface area contributed by atoms with Crippen molar-refractivity contribution in [3.05, 3.63) is 33.9 Å². The van der Waals surface area contributed by atoms with Crippen LogP contribution in [0.1, 0.15) is 23.6 Å². The summed E-state index contributed by atoms with van der Waals surface area (Å²) in [5.41, 5.74) is 4.43. The molecule has 2 aromatic rings. The normalized spacial score (nSPS) is 23.4. The van der Waals surface area contributed by atoms with E-state index >= 15 is 0 Å². The molecule has 2 aliphatic rings. The fraction of sp³-hybridized carbons (Fsp3) is 0.500. The van der Waals surface area contributed by atoms with E-state index in [9.17, 15) is 0 Å². The lowest BCUT2D eigenvalue weighted by Gasteiger charge is -2.34. The number of hydrogen-bond donors (Lipinski definition) is 1. The Morgan fingerprint density at radius 3 is 3.05 bits per heavy atom. The zero-order valence-corrected chi connectivity index (χ0v) is 13.4. The number of aromatic nitrogens is 1. The highest BCUT2D eigenvalue weighted by Crippen LogP contribution is 2.36. The van der Waals surface area contributed by atoms with Crippen LogP contribution >= 0.6 is 15.9 Å². The third-order valence-electron chi connectivity index (χ3n) is 4.77. The van der Waals surface area contributed by atoms with E-state index < -0.39 is 0 Å². The van der Waals surface area contributed by atoms with E-state index in [0.717, 1.165) is 26.2 Å². The van der Waals surface area contributed by atoms with Gasteiger partial charge in [-0.15, -0.1) is 0 Å². The molecule has 0 spiro atoms. The Labute approximate surface area is 128 Å². The summed E-state index contributed by atoms with van der Waals surface area (Å²) in [7, 11) is 2.24. The molecule has 106 valence electrons. The average Bonchev–Trinajstić information content (AvgIpc) is 2.78. The molecule has 0 saturated carbocycles. The minimum atomic E-state index is 0.501. The largest absolute Gasteiger partial charge is 0.346 e. The minimum Gasteiger partial charge on any atom is -0.346 e. The van der Waals surface area contributed by atoms with Crippen LogP contribution in [0.15, 0.2) is 22.8 Å². The van der Waals surface area contributed by atoms with Crippen molar-refractivity contribution in [3.8, 4) is 0 Å². The van der Waals surface area contributed by atoms with Crippen LogP contribution in [-0.4, -0.2) is 36.1 Å². The summed E-state index contributed by atoms with van der Waals surface area (Å²) in [6.45, 7) is 4.43. The van der Waals surface area contributed by atoms with Gasteiger partial charge < -0.3 is 9.88 Å². The Morgan fingerprint density at radius 1 is 1.30 bits per heavy atom. The van der Waals surface area contributed by atoms with Crippen molar-refractivity contribution >= 4 is 26.8 Å². The Balaban J connectivity index is 1.87. The average molecular weight is 334 g/mol. The Morgan fingerprint density at radius 2 is 2.20 bits per heavy atom. The van der Waals surface area contributed by atoms with Crippen LogP contribution in [0.4, 0.5) is 0 Å². The molecule has 4 heteroatoms. The molecule has 1 atom stereocenters. The molecule has 2 aliphatic heterocycles. The molecule has 3 heterocycles. The smallest absolute Gasteiger partial charge is 0.0524 e. The van der Waals surface area contributed by atoms with Crippen molar-refractivity contribution in [2.24, 2.45) is 0 Å². The third-order valence-corrected chi connectivity index (χ3v) is 5.40. The molecule has 4 rings (SSSR count). The molecule has 1 aromatic carbocycles. The maximum atomic E-state index is 3.74. The molecule has 1 fully saturated rings. The van der Waals surface area contributed by atoms with Gasteiger partial charge in [0.05, 0.1) is 5.52 Å². The van der Waals surface area contributed by atoms with E-state index in [0.29, 0.717) is 6.04 Å². The standard InChI is InChI=1S/C16H20BrN3/c1-19-6-4-18-9-15(19)12-7-11-3-2-5-20-10-14(17)13(8-12)16(11)20/h7-8,10,15,18H,2-6,9H2,1H3. The van der Waals surface area contributed by atoms with E-state index in [1.807, 2.05) is 0 Å². The van der Waals surface area contributed by atoms with Crippen molar-refractivity contribution in [1.29, 1.82) is 0 Å². The lowest BCUT2D eigenvalue weighted by Crippen LogP contribution is -2.43. The number of rotatable bonds is 1. The van der Waals surface area contributed by atoms with E-state index in [4.69, 9.17) is 0 Å². The van der Waals surface area contributed by atoms with E-state index in [2.05, 4.69) is 56.1 Å². The quantitative estimate of drug-likeness (QED) is 0.865. The summed E-state index contributed by atoms with van der Waals surface area (Å²) in [5, 5.41) is 4.91. The van der Waals surface area contributed by atoms with Gasteiger partial charge in [-0.05, 0) is 53.0 Å². The fourth-order valence-corrected chi connectivity index (χ4v) is 4.24. The molecule has 0 amide bonds. The second-order valence-electron chi connectivity index (χ2n) is 6.05. The second kappa shape index (κ2) is 4.86. The number of halogens is 1. The van der Waals surface area contributed by atoms with Gasteiger partial charge in [-0.1, -0.05) is 6.07 Å². The zero-order valence-electron chi connectivity index (χ0n) is 11.8. The lowest BCUT2D eigenvalue weighted by molar-refractivity contribution is 0.202. The molecule has 0 bridgehead atoms. The summed E-state index contributed by atoms with van der Waals surface area (Å²) in [5.74, 6) is 0. The van der Waals surface area contributed by atoms with Gasteiger partial charge in [0.25, 0.3) is 0 Å². The van der Waals surface area contributed by atoms with Crippen molar-refractivity contribution in [1.82, 2.24) is 14.8 Å². The van der Waals surface area contributed by atoms with Crippen molar-refractivity contribution in [2.75, 3.05) is 26.7 Å². The highest BCUT2D eigenvalue weighted by molar-refractivity contribution is 9.10. The molecular weight excluding hydrogens is 314 g/mol. The predicted octanol–water partition coefficient (Wildman–Crippen LogP) is 2.93. The molecule has 1 N–H and O–H groups in total. The lowest BCUT2D eigenvalue weighted by atomic mass is 9.95. The summed E-state index contributed by atoms with van der Waals surface area (Å²) >= 11 is 3.74.